The quantitative estimate of drug-likeness (QED) is 0.642. The van der Waals surface area contributed by atoms with Crippen LogP contribution >= 0.6 is 0 Å². The second-order valence-electron chi connectivity index (χ2n) is 5.57. The third-order valence-electron chi connectivity index (χ3n) is 3.64. The van der Waals surface area contributed by atoms with Crippen LogP contribution in [-0.2, 0) is 24.2 Å². The van der Waals surface area contributed by atoms with E-state index in [1.807, 2.05) is 30.3 Å². The second-order valence-corrected chi connectivity index (χ2v) is 5.57. The van der Waals surface area contributed by atoms with Crippen LogP contribution < -0.4 is 5.32 Å². The number of benzene rings is 1. The standard InChI is InChI=1S/C16H19N7O2/c1-12-19-21-22-23(12)10-8-15(24)17-9-7-16-18-14(20-25-16)11-13-5-3-2-4-6-13/h2-6H,7-11H2,1H3,(H,17,24). The van der Waals surface area contributed by atoms with Crippen molar-refractivity contribution in [1.82, 2.24) is 35.7 Å². The summed E-state index contributed by atoms with van der Waals surface area (Å²) in [6.07, 6.45) is 1.44. The lowest BCUT2D eigenvalue weighted by molar-refractivity contribution is -0.121. The smallest absolute Gasteiger partial charge is 0.228 e. The molecule has 9 heteroatoms. The van der Waals surface area contributed by atoms with E-state index >= 15 is 0 Å². The number of aryl methyl sites for hydroxylation is 2. The first-order valence-electron chi connectivity index (χ1n) is 8.05. The highest BCUT2D eigenvalue weighted by molar-refractivity contribution is 5.75. The molecule has 0 saturated carbocycles. The van der Waals surface area contributed by atoms with Crippen molar-refractivity contribution in [2.45, 2.75) is 32.7 Å². The minimum Gasteiger partial charge on any atom is -0.356 e. The SMILES string of the molecule is Cc1nnnn1CCC(=O)NCCc1nc(Cc2ccccc2)no1. The van der Waals surface area contributed by atoms with Gasteiger partial charge in [0.15, 0.2) is 5.82 Å². The summed E-state index contributed by atoms with van der Waals surface area (Å²) in [5, 5.41) is 17.9. The normalized spacial score (nSPS) is 10.8. The molecular formula is C16H19N7O2. The highest BCUT2D eigenvalue weighted by atomic mass is 16.5. The first-order valence-corrected chi connectivity index (χ1v) is 8.05. The summed E-state index contributed by atoms with van der Waals surface area (Å²) >= 11 is 0. The maximum atomic E-state index is 11.8. The van der Waals surface area contributed by atoms with Crippen molar-refractivity contribution in [2.75, 3.05) is 6.54 Å². The highest BCUT2D eigenvalue weighted by Gasteiger charge is 2.09. The summed E-state index contributed by atoms with van der Waals surface area (Å²) in [5.41, 5.74) is 1.13. The van der Waals surface area contributed by atoms with E-state index in [1.54, 1.807) is 11.6 Å². The number of hydrogen-bond donors (Lipinski definition) is 1. The van der Waals surface area contributed by atoms with E-state index in [-0.39, 0.29) is 5.91 Å². The van der Waals surface area contributed by atoms with Gasteiger partial charge in [-0.05, 0) is 22.9 Å². The number of nitrogens with zero attached hydrogens (tertiary/aromatic N) is 6. The molecule has 3 aromatic rings. The van der Waals surface area contributed by atoms with Crippen LogP contribution in [0, 0.1) is 6.92 Å². The fraction of sp³-hybridized carbons (Fsp3) is 0.375. The van der Waals surface area contributed by atoms with Gasteiger partial charge < -0.3 is 9.84 Å². The summed E-state index contributed by atoms with van der Waals surface area (Å²) < 4.78 is 6.80. The maximum absolute atomic E-state index is 11.8. The molecule has 130 valence electrons. The Balaban J connectivity index is 1.39. The number of amides is 1. The molecule has 25 heavy (non-hydrogen) atoms. The van der Waals surface area contributed by atoms with E-state index in [0.717, 1.165) is 5.56 Å². The van der Waals surface area contributed by atoms with E-state index in [0.29, 0.717) is 49.9 Å². The fourth-order valence-electron chi connectivity index (χ4n) is 2.30. The molecule has 1 aromatic carbocycles. The molecule has 3 rings (SSSR count). The van der Waals surface area contributed by atoms with E-state index in [1.165, 1.54) is 0 Å². The van der Waals surface area contributed by atoms with Crippen molar-refractivity contribution in [3.8, 4) is 0 Å². The topological polar surface area (TPSA) is 112 Å². The summed E-state index contributed by atoms with van der Waals surface area (Å²) in [5.74, 6) is 1.77. The zero-order valence-corrected chi connectivity index (χ0v) is 13.9. The van der Waals surface area contributed by atoms with Crippen molar-refractivity contribution < 1.29 is 9.32 Å². The molecule has 0 aliphatic heterocycles. The molecular weight excluding hydrogens is 322 g/mol. The molecule has 9 nitrogen and oxygen atoms in total. The highest BCUT2D eigenvalue weighted by Crippen LogP contribution is 2.06. The predicted octanol–water partition coefficient (Wildman–Crippen LogP) is 0.704. The molecule has 0 spiro atoms. The van der Waals surface area contributed by atoms with Crippen molar-refractivity contribution in [3.05, 3.63) is 53.4 Å². The molecule has 1 N–H and O–H groups in total. The van der Waals surface area contributed by atoms with E-state index < -0.39 is 0 Å². The summed E-state index contributed by atoms with van der Waals surface area (Å²) in [6.45, 7) is 2.69. The van der Waals surface area contributed by atoms with Crippen LogP contribution in [0.1, 0.15) is 29.5 Å². The van der Waals surface area contributed by atoms with Gasteiger partial charge in [-0.25, -0.2) is 4.68 Å². The van der Waals surface area contributed by atoms with Crippen LogP contribution in [0.2, 0.25) is 0 Å². The van der Waals surface area contributed by atoms with Crippen LogP contribution in [0.15, 0.2) is 34.9 Å². The van der Waals surface area contributed by atoms with Gasteiger partial charge in [-0.15, -0.1) is 5.10 Å². The molecule has 2 aromatic heterocycles. The van der Waals surface area contributed by atoms with Crippen LogP contribution in [-0.4, -0.2) is 42.8 Å². The van der Waals surface area contributed by atoms with Crippen LogP contribution in [0.3, 0.4) is 0 Å². The largest absolute Gasteiger partial charge is 0.356 e. The molecule has 0 atom stereocenters. The monoisotopic (exact) mass is 341 g/mol. The lowest BCUT2D eigenvalue weighted by atomic mass is 10.1. The van der Waals surface area contributed by atoms with Gasteiger partial charge in [0, 0.05) is 25.8 Å². The maximum Gasteiger partial charge on any atom is 0.228 e. The van der Waals surface area contributed by atoms with E-state index in [2.05, 4.69) is 31.0 Å². The van der Waals surface area contributed by atoms with Gasteiger partial charge in [-0.2, -0.15) is 4.98 Å². The summed E-state index contributed by atoms with van der Waals surface area (Å²) in [4.78, 5) is 16.2. The zero-order valence-electron chi connectivity index (χ0n) is 13.9. The first kappa shape index (κ1) is 16.7. The zero-order chi connectivity index (χ0) is 17.5. The van der Waals surface area contributed by atoms with Gasteiger partial charge >= 0.3 is 0 Å². The Bertz CT molecular complexity index is 813. The molecule has 0 saturated heterocycles. The average molecular weight is 341 g/mol. The summed E-state index contributed by atoms with van der Waals surface area (Å²) in [6, 6.07) is 9.95. The third-order valence-corrected chi connectivity index (χ3v) is 3.64. The Morgan fingerprint density at radius 1 is 1.28 bits per heavy atom. The molecule has 0 unspecified atom stereocenters. The Labute approximate surface area is 144 Å². The van der Waals surface area contributed by atoms with Crippen molar-refractivity contribution >= 4 is 5.91 Å². The van der Waals surface area contributed by atoms with Gasteiger partial charge in [0.25, 0.3) is 0 Å². The number of nitrogens with one attached hydrogen (secondary N) is 1. The van der Waals surface area contributed by atoms with Crippen LogP contribution in [0.25, 0.3) is 0 Å². The van der Waals surface area contributed by atoms with Gasteiger partial charge in [0.1, 0.15) is 5.82 Å². The average Bonchev–Trinajstić information content (AvgIpc) is 3.23. The van der Waals surface area contributed by atoms with Crippen molar-refractivity contribution in [1.29, 1.82) is 0 Å². The third kappa shape index (κ3) is 4.93. The molecule has 1 amide bonds. The number of rotatable bonds is 8. The Morgan fingerprint density at radius 2 is 2.12 bits per heavy atom. The number of hydrogen-bond acceptors (Lipinski definition) is 7. The second kappa shape index (κ2) is 8.13. The molecule has 0 bridgehead atoms. The van der Waals surface area contributed by atoms with Crippen molar-refractivity contribution in [2.24, 2.45) is 0 Å². The summed E-state index contributed by atoms with van der Waals surface area (Å²) in [7, 11) is 0. The Hall–Kier alpha value is -3.10. The van der Waals surface area contributed by atoms with Gasteiger partial charge in [0.2, 0.25) is 11.8 Å². The molecule has 0 aliphatic carbocycles. The van der Waals surface area contributed by atoms with Gasteiger partial charge in [-0.1, -0.05) is 35.5 Å². The first-order chi connectivity index (χ1) is 12.2. The number of tetrazole rings is 1. The lowest BCUT2D eigenvalue weighted by Gasteiger charge is -2.03. The van der Waals surface area contributed by atoms with Gasteiger partial charge in [0.05, 0.1) is 6.54 Å². The molecule has 0 aliphatic rings. The van der Waals surface area contributed by atoms with Gasteiger partial charge in [-0.3, -0.25) is 4.79 Å². The predicted molar refractivity (Wildman–Crippen MR) is 87.4 cm³/mol. The molecule has 2 heterocycles. The fourth-order valence-corrected chi connectivity index (χ4v) is 2.30. The molecule has 0 fully saturated rings. The Morgan fingerprint density at radius 3 is 2.88 bits per heavy atom. The number of aromatic nitrogens is 6. The Kier molecular flexibility index (Phi) is 5.45. The number of carbonyl (C=O) groups excluding carboxylic acids is 1. The molecule has 0 radical (unpaired) electrons. The van der Waals surface area contributed by atoms with E-state index in [9.17, 15) is 4.79 Å². The van der Waals surface area contributed by atoms with Crippen LogP contribution in [0.5, 0.6) is 0 Å². The lowest BCUT2D eigenvalue weighted by Crippen LogP contribution is -2.27. The van der Waals surface area contributed by atoms with E-state index in [4.69, 9.17) is 4.52 Å². The van der Waals surface area contributed by atoms with Crippen molar-refractivity contribution in [3.63, 3.8) is 0 Å². The number of carbonyl (C=O) groups is 1. The van der Waals surface area contributed by atoms with Crippen LogP contribution in [0.4, 0.5) is 0 Å². The minimum atomic E-state index is -0.0704. The minimum absolute atomic E-state index is 0.0704.